The maximum Gasteiger partial charge on any atom is 0.250 e. The molecule has 3 amide bonds. The number of para-hydroxylation sites is 1. The summed E-state index contributed by atoms with van der Waals surface area (Å²) in [6, 6.07) is 12.2. The van der Waals surface area contributed by atoms with E-state index in [0.29, 0.717) is 35.2 Å². The number of likely N-dealkylation sites (tertiary alicyclic amines) is 1. The lowest BCUT2D eigenvalue weighted by Crippen LogP contribution is -2.51. The third-order valence-corrected chi connectivity index (χ3v) is 6.74. The number of anilines is 2. The second kappa shape index (κ2) is 9.20. The molecule has 31 heavy (non-hydrogen) atoms. The van der Waals surface area contributed by atoms with E-state index in [2.05, 4.69) is 5.32 Å². The van der Waals surface area contributed by atoms with Crippen LogP contribution < -0.4 is 15.0 Å². The Hall–Kier alpha value is -2.71. The van der Waals surface area contributed by atoms with Gasteiger partial charge in [0.05, 0.1) is 18.5 Å². The summed E-state index contributed by atoms with van der Waals surface area (Å²) < 4.78 is 5.27. The average molecular weight is 460 g/mol. The molecule has 0 saturated carbocycles. The van der Waals surface area contributed by atoms with Crippen LogP contribution in [-0.2, 0) is 14.4 Å². The third kappa shape index (κ3) is 4.50. The van der Waals surface area contributed by atoms with Crippen molar-refractivity contribution in [2.24, 2.45) is 0 Å². The molecule has 0 bridgehead atoms. The van der Waals surface area contributed by atoms with Crippen LogP contribution in [0.1, 0.15) is 12.8 Å². The van der Waals surface area contributed by atoms with Gasteiger partial charge in [-0.25, -0.2) is 0 Å². The molecule has 162 valence electrons. The van der Waals surface area contributed by atoms with E-state index < -0.39 is 11.2 Å². The summed E-state index contributed by atoms with van der Waals surface area (Å²) in [5, 5.41) is 2.32. The standard InChI is InChI=1S/C22H22ClN3O4S/c1-30-17-9-8-14(23)12-15(17)24-19(27)13-26-16-6-2-3-7-18(16)31-20(22(26)29)21(28)25-10-4-5-11-25/h2-3,6-9,12,20H,4-5,10-11,13H2,1H3,(H,24,27)/t20-/m1/s1. The van der Waals surface area contributed by atoms with Crippen LogP contribution in [0.3, 0.4) is 0 Å². The van der Waals surface area contributed by atoms with Gasteiger partial charge < -0.3 is 19.9 Å². The monoisotopic (exact) mass is 459 g/mol. The first-order chi connectivity index (χ1) is 15.0. The average Bonchev–Trinajstić information content (AvgIpc) is 3.30. The van der Waals surface area contributed by atoms with Gasteiger partial charge in [0.1, 0.15) is 12.3 Å². The molecule has 4 rings (SSSR count). The largest absolute Gasteiger partial charge is 0.495 e. The quantitative estimate of drug-likeness (QED) is 0.693. The van der Waals surface area contributed by atoms with Crippen LogP contribution in [0.15, 0.2) is 47.4 Å². The lowest BCUT2D eigenvalue weighted by molar-refractivity contribution is -0.134. The summed E-state index contributed by atoms with van der Waals surface area (Å²) in [5.74, 6) is -0.526. The van der Waals surface area contributed by atoms with Gasteiger partial charge in [-0.1, -0.05) is 23.7 Å². The van der Waals surface area contributed by atoms with Crippen molar-refractivity contribution in [1.82, 2.24) is 4.90 Å². The minimum Gasteiger partial charge on any atom is -0.495 e. The topological polar surface area (TPSA) is 79.0 Å². The zero-order valence-corrected chi connectivity index (χ0v) is 18.5. The predicted octanol–water partition coefficient (Wildman–Crippen LogP) is 3.42. The van der Waals surface area contributed by atoms with Crippen LogP contribution in [0.4, 0.5) is 11.4 Å². The van der Waals surface area contributed by atoms with Gasteiger partial charge in [0.15, 0.2) is 5.25 Å². The van der Waals surface area contributed by atoms with E-state index >= 15 is 0 Å². The highest BCUT2D eigenvalue weighted by atomic mass is 35.5. The molecule has 1 atom stereocenters. The molecule has 1 N–H and O–H groups in total. The van der Waals surface area contributed by atoms with Crippen molar-refractivity contribution in [3.8, 4) is 5.75 Å². The minimum absolute atomic E-state index is 0.191. The molecule has 7 nitrogen and oxygen atoms in total. The molecule has 2 aromatic rings. The molecule has 0 aromatic heterocycles. The molecule has 9 heteroatoms. The number of hydrogen-bond acceptors (Lipinski definition) is 5. The maximum atomic E-state index is 13.3. The van der Waals surface area contributed by atoms with Gasteiger partial charge in [0, 0.05) is 23.0 Å². The Labute approximate surface area is 189 Å². The summed E-state index contributed by atoms with van der Waals surface area (Å²) in [7, 11) is 1.50. The summed E-state index contributed by atoms with van der Waals surface area (Å²) in [6.45, 7) is 1.11. The summed E-state index contributed by atoms with van der Waals surface area (Å²) in [4.78, 5) is 43.0. The highest BCUT2D eigenvalue weighted by Crippen LogP contribution is 2.40. The van der Waals surface area contributed by atoms with Gasteiger partial charge in [0.2, 0.25) is 11.8 Å². The first-order valence-electron chi connectivity index (χ1n) is 9.97. The molecular weight excluding hydrogens is 438 g/mol. The van der Waals surface area contributed by atoms with Gasteiger partial charge >= 0.3 is 0 Å². The molecule has 0 aliphatic carbocycles. The molecule has 2 aromatic carbocycles. The van der Waals surface area contributed by atoms with Crippen molar-refractivity contribution >= 4 is 52.5 Å². The minimum atomic E-state index is -0.887. The number of rotatable bonds is 5. The van der Waals surface area contributed by atoms with Crippen molar-refractivity contribution < 1.29 is 19.1 Å². The highest BCUT2D eigenvalue weighted by molar-refractivity contribution is 8.01. The molecule has 0 spiro atoms. The number of hydrogen-bond donors (Lipinski definition) is 1. The summed E-state index contributed by atoms with van der Waals surface area (Å²) in [6.07, 6.45) is 1.89. The van der Waals surface area contributed by atoms with Crippen molar-refractivity contribution in [2.75, 3.05) is 37.0 Å². The Balaban J connectivity index is 1.57. The number of methoxy groups -OCH3 is 1. The van der Waals surface area contributed by atoms with Crippen molar-refractivity contribution in [2.45, 2.75) is 23.0 Å². The molecule has 2 heterocycles. The van der Waals surface area contributed by atoms with Crippen molar-refractivity contribution in [3.63, 3.8) is 0 Å². The number of nitrogens with zero attached hydrogens (tertiary/aromatic N) is 2. The molecule has 0 unspecified atom stereocenters. The number of carbonyl (C=O) groups is 3. The van der Waals surface area contributed by atoms with Crippen LogP contribution >= 0.6 is 23.4 Å². The van der Waals surface area contributed by atoms with E-state index in [1.54, 1.807) is 35.2 Å². The Morgan fingerprint density at radius 2 is 1.94 bits per heavy atom. The van der Waals surface area contributed by atoms with Gasteiger partial charge in [-0.15, -0.1) is 11.8 Å². The molecule has 2 aliphatic rings. The number of benzene rings is 2. The Morgan fingerprint density at radius 1 is 1.19 bits per heavy atom. The van der Waals surface area contributed by atoms with Crippen molar-refractivity contribution in [1.29, 1.82) is 0 Å². The third-order valence-electron chi connectivity index (χ3n) is 5.27. The van der Waals surface area contributed by atoms with E-state index in [1.165, 1.54) is 23.8 Å². The zero-order valence-electron chi connectivity index (χ0n) is 17.0. The molecular formula is C22H22ClN3O4S. The lowest BCUT2D eigenvalue weighted by atomic mass is 10.2. The van der Waals surface area contributed by atoms with Crippen LogP contribution in [0, 0.1) is 0 Å². The number of carbonyl (C=O) groups excluding carboxylic acids is 3. The first-order valence-corrected chi connectivity index (χ1v) is 11.2. The fourth-order valence-electron chi connectivity index (χ4n) is 3.75. The van der Waals surface area contributed by atoms with Gasteiger partial charge in [0.25, 0.3) is 5.91 Å². The van der Waals surface area contributed by atoms with Crippen LogP contribution in [0.5, 0.6) is 5.75 Å². The molecule has 1 fully saturated rings. The number of halogens is 1. The SMILES string of the molecule is COc1ccc(Cl)cc1NC(=O)CN1C(=O)[C@@H](C(=O)N2CCCC2)Sc2ccccc21. The second-order valence-corrected chi connectivity index (χ2v) is 8.90. The maximum absolute atomic E-state index is 13.3. The Bertz CT molecular complexity index is 1030. The van der Waals surface area contributed by atoms with E-state index in [9.17, 15) is 14.4 Å². The van der Waals surface area contributed by atoms with E-state index in [-0.39, 0.29) is 18.4 Å². The van der Waals surface area contributed by atoms with Crippen LogP contribution in [0.2, 0.25) is 5.02 Å². The molecule has 0 radical (unpaired) electrons. The first kappa shape index (κ1) is 21.5. The van der Waals surface area contributed by atoms with Crippen molar-refractivity contribution in [3.05, 3.63) is 47.5 Å². The number of ether oxygens (including phenoxy) is 1. The van der Waals surface area contributed by atoms with Crippen LogP contribution in [-0.4, -0.2) is 54.6 Å². The second-order valence-electron chi connectivity index (χ2n) is 7.32. The lowest BCUT2D eigenvalue weighted by Gasteiger charge is -2.34. The predicted molar refractivity (Wildman–Crippen MR) is 121 cm³/mol. The van der Waals surface area contributed by atoms with E-state index in [4.69, 9.17) is 16.3 Å². The number of fused-ring (bicyclic) bond motifs is 1. The van der Waals surface area contributed by atoms with E-state index in [1.807, 2.05) is 12.1 Å². The van der Waals surface area contributed by atoms with Gasteiger partial charge in [-0.05, 0) is 43.2 Å². The number of nitrogens with one attached hydrogen (secondary N) is 1. The Kier molecular flexibility index (Phi) is 6.38. The van der Waals surface area contributed by atoms with E-state index in [0.717, 1.165) is 17.7 Å². The number of amides is 3. The smallest absolute Gasteiger partial charge is 0.250 e. The highest BCUT2D eigenvalue weighted by Gasteiger charge is 2.41. The molecule has 1 saturated heterocycles. The number of thioether (sulfide) groups is 1. The van der Waals surface area contributed by atoms with Gasteiger partial charge in [-0.2, -0.15) is 0 Å². The summed E-state index contributed by atoms with van der Waals surface area (Å²) >= 11 is 7.29. The fraction of sp³-hybridized carbons (Fsp3) is 0.318. The zero-order chi connectivity index (χ0) is 22.0. The van der Waals surface area contributed by atoms with Gasteiger partial charge in [-0.3, -0.25) is 14.4 Å². The molecule has 2 aliphatic heterocycles. The Morgan fingerprint density at radius 3 is 2.68 bits per heavy atom. The fourth-order valence-corrected chi connectivity index (χ4v) is 5.11. The normalized spacial score (nSPS) is 18.0. The summed E-state index contributed by atoms with van der Waals surface area (Å²) in [5.41, 5.74) is 1.04. The van der Waals surface area contributed by atoms with Crippen LogP contribution in [0.25, 0.3) is 0 Å².